The summed E-state index contributed by atoms with van der Waals surface area (Å²) < 4.78 is 7.16. The summed E-state index contributed by atoms with van der Waals surface area (Å²) >= 11 is 0. The molecule has 1 fully saturated rings. The van der Waals surface area contributed by atoms with Crippen molar-refractivity contribution in [3.8, 4) is 0 Å². The maximum atomic E-state index is 12.6. The molecular weight excluding hydrogens is 268 g/mol. The molecule has 6 heteroatoms. The van der Waals surface area contributed by atoms with E-state index in [1.165, 1.54) is 0 Å². The van der Waals surface area contributed by atoms with Crippen LogP contribution < -0.4 is 0 Å². The lowest BCUT2D eigenvalue weighted by molar-refractivity contribution is -0.139. The molecule has 4 heterocycles. The topological polar surface area (TPSA) is 54.5 Å². The van der Waals surface area contributed by atoms with Crippen molar-refractivity contribution >= 4 is 5.91 Å². The average molecular weight is 286 g/mol. The summed E-state index contributed by atoms with van der Waals surface area (Å²) in [4.78, 5) is 21.1. The Kier molecular flexibility index (Phi) is 3.03. The fraction of sp³-hybridized carbons (Fsp3) is 0.467. The summed E-state index contributed by atoms with van der Waals surface area (Å²) in [7, 11) is 0. The fourth-order valence-electron chi connectivity index (χ4n) is 3.07. The number of imidazole rings is 1. The van der Waals surface area contributed by atoms with Crippen molar-refractivity contribution in [3.63, 3.8) is 0 Å². The van der Waals surface area contributed by atoms with Gasteiger partial charge in [-0.3, -0.25) is 9.69 Å². The summed E-state index contributed by atoms with van der Waals surface area (Å²) in [5, 5.41) is 0. The molecule has 2 aromatic heterocycles. The van der Waals surface area contributed by atoms with E-state index in [9.17, 15) is 4.79 Å². The van der Waals surface area contributed by atoms with Gasteiger partial charge >= 0.3 is 0 Å². The lowest BCUT2D eigenvalue weighted by Gasteiger charge is -2.39. The molecule has 21 heavy (non-hydrogen) atoms. The lowest BCUT2D eigenvalue weighted by Crippen LogP contribution is -2.50. The van der Waals surface area contributed by atoms with Crippen molar-refractivity contribution in [2.75, 3.05) is 19.6 Å². The Bertz CT molecular complexity index is 630. The van der Waals surface area contributed by atoms with Gasteiger partial charge in [-0.15, -0.1) is 0 Å². The first-order valence-corrected chi connectivity index (χ1v) is 7.34. The third-order valence-corrected chi connectivity index (χ3v) is 4.34. The molecule has 4 rings (SSSR count). The highest BCUT2D eigenvalue weighted by molar-refractivity contribution is 5.81. The van der Waals surface area contributed by atoms with Crippen molar-refractivity contribution in [1.29, 1.82) is 0 Å². The second kappa shape index (κ2) is 5.04. The second-order valence-electron chi connectivity index (χ2n) is 5.79. The van der Waals surface area contributed by atoms with Crippen molar-refractivity contribution in [1.82, 2.24) is 19.4 Å². The zero-order chi connectivity index (χ0) is 14.2. The van der Waals surface area contributed by atoms with Gasteiger partial charge in [0, 0.05) is 44.5 Å². The average Bonchev–Trinajstić information content (AvgIpc) is 3.06. The van der Waals surface area contributed by atoms with E-state index in [2.05, 4.69) is 9.88 Å². The smallest absolute Gasteiger partial charge is 0.247 e. The van der Waals surface area contributed by atoms with Crippen molar-refractivity contribution < 1.29 is 9.21 Å². The van der Waals surface area contributed by atoms with Crippen LogP contribution in [0.2, 0.25) is 0 Å². The second-order valence-corrected chi connectivity index (χ2v) is 5.79. The highest BCUT2D eigenvalue weighted by Crippen LogP contribution is 2.25. The number of amides is 1. The van der Waals surface area contributed by atoms with Crippen molar-refractivity contribution in [2.45, 2.75) is 25.6 Å². The first kappa shape index (κ1) is 12.6. The molecule has 0 saturated carbocycles. The molecular formula is C15H18N4O2. The number of fused-ring (bicyclic) bond motifs is 1. The normalized spacial score (nSPS) is 21.9. The van der Waals surface area contributed by atoms with Crippen LogP contribution in [0.25, 0.3) is 0 Å². The third-order valence-electron chi connectivity index (χ3n) is 4.34. The Morgan fingerprint density at radius 2 is 2.33 bits per heavy atom. The van der Waals surface area contributed by atoms with Crippen LogP contribution in [0.1, 0.15) is 23.7 Å². The Labute approximate surface area is 123 Å². The van der Waals surface area contributed by atoms with Gasteiger partial charge in [-0.1, -0.05) is 0 Å². The van der Waals surface area contributed by atoms with E-state index in [1.54, 1.807) is 18.9 Å². The molecule has 1 saturated heterocycles. The van der Waals surface area contributed by atoms with Crippen LogP contribution in [0.3, 0.4) is 0 Å². The van der Waals surface area contributed by atoms with Gasteiger partial charge in [0.2, 0.25) is 5.91 Å². The number of likely N-dealkylation sites (tertiary alicyclic amines) is 1. The first-order chi connectivity index (χ1) is 10.3. The Hall–Kier alpha value is -2.08. The quantitative estimate of drug-likeness (QED) is 0.852. The minimum atomic E-state index is -0.150. The van der Waals surface area contributed by atoms with E-state index >= 15 is 0 Å². The van der Waals surface area contributed by atoms with Gasteiger partial charge in [-0.2, -0.15) is 0 Å². The van der Waals surface area contributed by atoms with Gasteiger partial charge < -0.3 is 13.9 Å². The van der Waals surface area contributed by atoms with E-state index in [-0.39, 0.29) is 11.9 Å². The Morgan fingerprint density at radius 1 is 1.43 bits per heavy atom. The fourth-order valence-corrected chi connectivity index (χ4v) is 3.07. The number of nitrogens with zero attached hydrogens (tertiary/aromatic N) is 4. The van der Waals surface area contributed by atoms with Gasteiger partial charge in [0.05, 0.1) is 24.5 Å². The van der Waals surface area contributed by atoms with Gasteiger partial charge in [0.1, 0.15) is 6.04 Å². The molecule has 2 aromatic rings. The number of hydrogen-bond acceptors (Lipinski definition) is 4. The lowest BCUT2D eigenvalue weighted by atomic mass is 10.1. The zero-order valence-electron chi connectivity index (χ0n) is 11.8. The molecule has 6 nitrogen and oxygen atoms in total. The minimum absolute atomic E-state index is 0.150. The summed E-state index contributed by atoms with van der Waals surface area (Å²) in [6, 6.07) is 1.82. The first-order valence-electron chi connectivity index (χ1n) is 7.34. The summed E-state index contributed by atoms with van der Waals surface area (Å²) in [6.07, 6.45) is 8.21. The van der Waals surface area contributed by atoms with E-state index in [0.29, 0.717) is 0 Å². The molecule has 2 aliphatic rings. The van der Waals surface area contributed by atoms with Crippen LogP contribution in [0, 0.1) is 0 Å². The van der Waals surface area contributed by atoms with Gasteiger partial charge in [-0.25, -0.2) is 4.98 Å². The van der Waals surface area contributed by atoms with E-state index in [4.69, 9.17) is 4.42 Å². The number of furan rings is 1. The predicted octanol–water partition coefficient (Wildman–Crippen LogP) is 1.27. The Balaban J connectivity index is 1.56. The molecule has 0 spiro atoms. The molecule has 0 unspecified atom stereocenters. The van der Waals surface area contributed by atoms with E-state index in [0.717, 1.165) is 50.4 Å². The highest BCUT2D eigenvalue weighted by Gasteiger charge is 2.34. The minimum Gasteiger partial charge on any atom is -0.472 e. The molecule has 0 radical (unpaired) electrons. The van der Waals surface area contributed by atoms with Gasteiger partial charge in [0.15, 0.2) is 0 Å². The standard InChI is InChI=1S/C15H18N4O2/c20-15(18-3-1-4-18)14-9-17(7-12-2-5-21-10-12)8-13-6-16-11-19(13)14/h2,5-6,10-11,14H,1,3-4,7-9H2/t14-/m1/s1. The molecule has 2 aliphatic heterocycles. The van der Waals surface area contributed by atoms with E-state index in [1.807, 2.05) is 21.7 Å². The third kappa shape index (κ3) is 2.25. The largest absolute Gasteiger partial charge is 0.472 e. The summed E-state index contributed by atoms with van der Waals surface area (Å²) in [5.41, 5.74) is 2.24. The number of carbonyl (C=O) groups excluding carboxylic acids is 1. The Morgan fingerprint density at radius 3 is 3.05 bits per heavy atom. The van der Waals surface area contributed by atoms with Gasteiger partial charge in [-0.05, 0) is 12.5 Å². The zero-order valence-corrected chi connectivity index (χ0v) is 11.8. The van der Waals surface area contributed by atoms with Gasteiger partial charge in [0.25, 0.3) is 0 Å². The van der Waals surface area contributed by atoms with Crippen LogP contribution >= 0.6 is 0 Å². The van der Waals surface area contributed by atoms with Crippen LogP contribution in [-0.2, 0) is 17.9 Å². The molecule has 1 atom stereocenters. The maximum absolute atomic E-state index is 12.6. The van der Waals surface area contributed by atoms with Crippen molar-refractivity contribution in [3.05, 3.63) is 42.4 Å². The van der Waals surface area contributed by atoms with Crippen LogP contribution in [0.15, 0.2) is 35.5 Å². The summed E-state index contributed by atoms with van der Waals surface area (Å²) in [5.74, 6) is 0.220. The monoisotopic (exact) mass is 286 g/mol. The summed E-state index contributed by atoms with van der Waals surface area (Å²) in [6.45, 7) is 4.12. The number of hydrogen-bond donors (Lipinski definition) is 0. The molecule has 1 amide bonds. The highest BCUT2D eigenvalue weighted by atomic mass is 16.3. The predicted molar refractivity (Wildman–Crippen MR) is 75.3 cm³/mol. The van der Waals surface area contributed by atoms with Crippen molar-refractivity contribution in [2.24, 2.45) is 0 Å². The molecule has 110 valence electrons. The SMILES string of the molecule is O=C([C@H]1CN(Cc2ccoc2)Cc2cncn21)N1CCC1. The van der Waals surface area contributed by atoms with E-state index < -0.39 is 0 Å². The molecule has 0 bridgehead atoms. The number of aromatic nitrogens is 2. The number of rotatable bonds is 3. The number of carbonyl (C=O) groups is 1. The molecule has 0 aliphatic carbocycles. The molecule has 0 N–H and O–H groups in total. The molecule has 0 aromatic carbocycles. The van der Waals surface area contributed by atoms with Crippen LogP contribution in [-0.4, -0.2) is 44.9 Å². The maximum Gasteiger partial charge on any atom is 0.247 e. The van der Waals surface area contributed by atoms with Crippen LogP contribution in [0.4, 0.5) is 0 Å². The van der Waals surface area contributed by atoms with Crippen LogP contribution in [0.5, 0.6) is 0 Å².